The van der Waals surface area contributed by atoms with Crippen molar-refractivity contribution in [2.75, 3.05) is 32.7 Å². The Morgan fingerprint density at radius 1 is 1.12 bits per heavy atom. The molecule has 2 N–H and O–H groups in total. The standard InChI is InChI=1S/C12H19NO3/c1-15-11-6-5-10(9-12(11)16-2)13-7-3-4-8-14/h5-6,9,13-14H,3-4,7-8H2,1-2H3. The lowest BCUT2D eigenvalue weighted by atomic mass is 10.2. The summed E-state index contributed by atoms with van der Waals surface area (Å²) in [5, 5.41) is 11.9. The van der Waals surface area contributed by atoms with Gasteiger partial charge in [0.15, 0.2) is 11.5 Å². The van der Waals surface area contributed by atoms with Gasteiger partial charge in [-0.25, -0.2) is 0 Å². The van der Waals surface area contributed by atoms with Crippen LogP contribution in [-0.2, 0) is 0 Å². The molecule has 0 unspecified atom stereocenters. The summed E-state index contributed by atoms with van der Waals surface area (Å²) >= 11 is 0. The molecule has 0 aliphatic heterocycles. The van der Waals surface area contributed by atoms with Gasteiger partial charge in [-0.05, 0) is 25.0 Å². The third-order valence-electron chi connectivity index (χ3n) is 2.30. The van der Waals surface area contributed by atoms with Gasteiger partial charge in [-0.1, -0.05) is 0 Å². The van der Waals surface area contributed by atoms with Crippen molar-refractivity contribution in [3.8, 4) is 11.5 Å². The Bertz CT molecular complexity index is 315. The molecular weight excluding hydrogens is 206 g/mol. The van der Waals surface area contributed by atoms with E-state index in [2.05, 4.69) is 5.32 Å². The minimum absolute atomic E-state index is 0.244. The maximum atomic E-state index is 8.65. The molecule has 4 heteroatoms. The summed E-state index contributed by atoms with van der Waals surface area (Å²) in [4.78, 5) is 0. The number of ether oxygens (including phenoxy) is 2. The molecule has 0 atom stereocenters. The molecule has 0 bridgehead atoms. The molecule has 0 aliphatic rings. The van der Waals surface area contributed by atoms with E-state index >= 15 is 0 Å². The summed E-state index contributed by atoms with van der Waals surface area (Å²) < 4.78 is 10.3. The molecule has 0 saturated carbocycles. The van der Waals surface area contributed by atoms with E-state index in [1.54, 1.807) is 14.2 Å². The Labute approximate surface area is 96.2 Å². The fraction of sp³-hybridized carbons (Fsp3) is 0.500. The fourth-order valence-corrected chi connectivity index (χ4v) is 1.42. The highest BCUT2D eigenvalue weighted by molar-refractivity contribution is 5.54. The van der Waals surface area contributed by atoms with Gasteiger partial charge in [-0.2, -0.15) is 0 Å². The lowest BCUT2D eigenvalue weighted by Gasteiger charge is -2.10. The molecule has 1 aromatic rings. The first-order valence-electron chi connectivity index (χ1n) is 5.38. The molecule has 0 spiro atoms. The zero-order chi connectivity index (χ0) is 11.8. The van der Waals surface area contributed by atoms with E-state index in [1.807, 2.05) is 18.2 Å². The minimum Gasteiger partial charge on any atom is -0.493 e. The second-order valence-electron chi connectivity index (χ2n) is 3.43. The van der Waals surface area contributed by atoms with Crippen LogP contribution in [0.3, 0.4) is 0 Å². The van der Waals surface area contributed by atoms with Gasteiger partial charge in [0.2, 0.25) is 0 Å². The van der Waals surface area contributed by atoms with Crippen molar-refractivity contribution >= 4 is 5.69 Å². The quantitative estimate of drug-likeness (QED) is 0.696. The summed E-state index contributed by atoms with van der Waals surface area (Å²) in [5.74, 6) is 1.44. The van der Waals surface area contributed by atoms with Crippen LogP contribution < -0.4 is 14.8 Å². The molecule has 0 saturated heterocycles. The normalized spacial score (nSPS) is 9.94. The maximum Gasteiger partial charge on any atom is 0.162 e. The molecule has 0 aliphatic carbocycles. The van der Waals surface area contributed by atoms with Gasteiger partial charge in [0, 0.05) is 24.9 Å². The van der Waals surface area contributed by atoms with Crippen molar-refractivity contribution < 1.29 is 14.6 Å². The Morgan fingerprint density at radius 2 is 1.88 bits per heavy atom. The first-order chi connectivity index (χ1) is 7.81. The predicted octanol–water partition coefficient (Wildman–Crippen LogP) is 1.89. The molecule has 0 heterocycles. The lowest BCUT2D eigenvalue weighted by molar-refractivity contribution is 0.286. The number of rotatable bonds is 7. The van der Waals surface area contributed by atoms with Crippen LogP contribution in [-0.4, -0.2) is 32.5 Å². The predicted molar refractivity (Wildman–Crippen MR) is 64.4 cm³/mol. The number of benzene rings is 1. The maximum absolute atomic E-state index is 8.65. The molecule has 0 amide bonds. The van der Waals surface area contributed by atoms with E-state index in [0.717, 1.165) is 36.6 Å². The number of nitrogens with one attached hydrogen (secondary N) is 1. The second kappa shape index (κ2) is 6.95. The Morgan fingerprint density at radius 3 is 2.50 bits per heavy atom. The summed E-state index contributed by atoms with van der Waals surface area (Å²) in [6.07, 6.45) is 1.77. The third-order valence-corrected chi connectivity index (χ3v) is 2.30. The van der Waals surface area contributed by atoms with Crippen molar-refractivity contribution in [3.05, 3.63) is 18.2 Å². The average Bonchev–Trinajstić information content (AvgIpc) is 2.34. The molecule has 16 heavy (non-hydrogen) atoms. The molecule has 0 radical (unpaired) electrons. The lowest BCUT2D eigenvalue weighted by Crippen LogP contribution is -2.02. The Kier molecular flexibility index (Phi) is 5.50. The average molecular weight is 225 g/mol. The van der Waals surface area contributed by atoms with Gasteiger partial charge in [0.05, 0.1) is 14.2 Å². The summed E-state index contributed by atoms with van der Waals surface area (Å²) in [6, 6.07) is 5.71. The Balaban J connectivity index is 2.54. The zero-order valence-electron chi connectivity index (χ0n) is 9.82. The second-order valence-corrected chi connectivity index (χ2v) is 3.43. The van der Waals surface area contributed by atoms with Gasteiger partial charge in [-0.3, -0.25) is 0 Å². The molecule has 90 valence electrons. The van der Waals surface area contributed by atoms with Crippen molar-refractivity contribution in [1.82, 2.24) is 0 Å². The Hall–Kier alpha value is -1.42. The van der Waals surface area contributed by atoms with Crippen molar-refractivity contribution in [1.29, 1.82) is 0 Å². The molecule has 1 rings (SSSR count). The van der Waals surface area contributed by atoms with Crippen LogP contribution in [0, 0.1) is 0 Å². The number of methoxy groups -OCH3 is 2. The molecule has 4 nitrogen and oxygen atoms in total. The van der Waals surface area contributed by atoms with Crippen LogP contribution in [0.2, 0.25) is 0 Å². The van der Waals surface area contributed by atoms with Crippen LogP contribution in [0.1, 0.15) is 12.8 Å². The van der Waals surface area contributed by atoms with E-state index in [1.165, 1.54) is 0 Å². The van der Waals surface area contributed by atoms with E-state index in [0.29, 0.717) is 0 Å². The highest BCUT2D eigenvalue weighted by Crippen LogP contribution is 2.29. The van der Waals surface area contributed by atoms with Gasteiger partial charge >= 0.3 is 0 Å². The largest absolute Gasteiger partial charge is 0.493 e. The SMILES string of the molecule is COc1ccc(NCCCCO)cc1OC. The number of hydrogen-bond donors (Lipinski definition) is 2. The van der Waals surface area contributed by atoms with Crippen molar-refractivity contribution in [2.24, 2.45) is 0 Å². The highest BCUT2D eigenvalue weighted by Gasteiger charge is 2.03. The summed E-state index contributed by atoms with van der Waals surface area (Å²) in [7, 11) is 3.24. The molecule has 1 aromatic carbocycles. The molecular formula is C12H19NO3. The highest BCUT2D eigenvalue weighted by atomic mass is 16.5. The van der Waals surface area contributed by atoms with Crippen LogP contribution in [0.4, 0.5) is 5.69 Å². The number of unbranched alkanes of at least 4 members (excludes halogenated alkanes) is 1. The van der Waals surface area contributed by atoms with Crippen molar-refractivity contribution in [2.45, 2.75) is 12.8 Å². The van der Waals surface area contributed by atoms with E-state index in [9.17, 15) is 0 Å². The summed E-state index contributed by atoms with van der Waals surface area (Å²) in [6.45, 7) is 1.09. The third kappa shape index (κ3) is 3.62. The van der Waals surface area contributed by atoms with Crippen LogP contribution in [0.15, 0.2) is 18.2 Å². The number of anilines is 1. The number of aliphatic hydroxyl groups is 1. The topological polar surface area (TPSA) is 50.7 Å². The van der Waals surface area contributed by atoms with Crippen LogP contribution in [0.25, 0.3) is 0 Å². The van der Waals surface area contributed by atoms with Gasteiger partial charge < -0.3 is 19.9 Å². The van der Waals surface area contributed by atoms with Crippen molar-refractivity contribution in [3.63, 3.8) is 0 Å². The summed E-state index contributed by atoms with van der Waals surface area (Å²) in [5.41, 5.74) is 0.996. The van der Waals surface area contributed by atoms with Gasteiger partial charge in [0.25, 0.3) is 0 Å². The molecule has 0 aromatic heterocycles. The van der Waals surface area contributed by atoms with Gasteiger partial charge in [0.1, 0.15) is 0 Å². The van der Waals surface area contributed by atoms with Gasteiger partial charge in [-0.15, -0.1) is 0 Å². The monoisotopic (exact) mass is 225 g/mol. The van der Waals surface area contributed by atoms with Crippen LogP contribution >= 0.6 is 0 Å². The zero-order valence-corrected chi connectivity index (χ0v) is 9.82. The van der Waals surface area contributed by atoms with E-state index in [-0.39, 0.29) is 6.61 Å². The first-order valence-corrected chi connectivity index (χ1v) is 5.38. The minimum atomic E-state index is 0.244. The number of aliphatic hydroxyl groups excluding tert-OH is 1. The fourth-order valence-electron chi connectivity index (χ4n) is 1.42. The van der Waals surface area contributed by atoms with E-state index in [4.69, 9.17) is 14.6 Å². The number of hydrogen-bond acceptors (Lipinski definition) is 4. The van der Waals surface area contributed by atoms with E-state index < -0.39 is 0 Å². The smallest absolute Gasteiger partial charge is 0.162 e. The first kappa shape index (κ1) is 12.6. The van der Waals surface area contributed by atoms with Crippen LogP contribution in [0.5, 0.6) is 11.5 Å². The molecule has 0 fully saturated rings.